The third-order valence-electron chi connectivity index (χ3n) is 12.1. The molecule has 0 saturated heterocycles. The number of hydrogen-bond acceptors (Lipinski definition) is 1. The van der Waals surface area contributed by atoms with Gasteiger partial charge in [0, 0.05) is 12.0 Å². The Balaban J connectivity index is 1.59. The first-order chi connectivity index (χ1) is 27.1. The molecule has 0 spiro atoms. The number of aromatic hydroxyl groups is 1. The van der Waals surface area contributed by atoms with Crippen LogP contribution in [-0.4, -0.2) is 5.11 Å². The van der Waals surface area contributed by atoms with Crippen LogP contribution in [0, 0.1) is 0 Å². The number of benzene rings is 4. The van der Waals surface area contributed by atoms with Crippen LogP contribution in [0.3, 0.4) is 0 Å². The Morgan fingerprint density at radius 3 is 0.982 bits per heavy atom. The van der Waals surface area contributed by atoms with Gasteiger partial charge in [0.15, 0.2) is 0 Å². The molecule has 0 bridgehead atoms. The highest BCUT2D eigenvalue weighted by atomic mass is 16.3. The summed E-state index contributed by atoms with van der Waals surface area (Å²) in [7, 11) is 0. The van der Waals surface area contributed by atoms with E-state index in [0.717, 1.165) is 44.1 Å². The molecule has 4 aromatic rings. The number of phenols is 1. The van der Waals surface area contributed by atoms with E-state index in [-0.39, 0.29) is 0 Å². The van der Waals surface area contributed by atoms with Gasteiger partial charge in [0.2, 0.25) is 0 Å². The van der Waals surface area contributed by atoms with Crippen molar-refractivity contribution in [2.24, 2.45) is 0 Å². The van der Waals surface area contributed by atoms with E-state index in [9.17, 15) is 5.11 Å². The Morgan fingerprint density at radius 2 is 0.600 bits per heavy atom. The van der Waals surface area contributed by atoms with Gasteiger partial charge in [-0.15, -0.1) is 0 Å². The number of aryl methyl sites for hydroxylation is 3. The zero-order chi connectivity index (χ0) is 38.8. The van der Waals surface area contributed by atoms with Gasteiger partial charge >= 0.3 is 0 Å². The Labute approximate surface area is 338 Å². The van der Waals surface area contributed by atoms with E-state index in [1.54, 1.807) is 0 Å². The van der Waals surface area contributed by atoms with Crippen molar-refractivity contribution in [3.63, 3.8) is 0 Å². The summed E-state index contributed by atoms with van der Waals surface area (Å²) < 4.78 is 0. The van der Waals surface area contributed by atoms with Crippen molar-refractivity contribution in [2.45, 2.75) is 194 Å². The lowest BCUT2D eigenvalue weighted by Crippen LogP contribution is -2.07. The third kappa shape index (κ3) is 16.4. The van der Waals surface area contributed by atoms with Crippen LogP contribution in [0.4, 0.5) is 0 Å². The molecule has 55 heavy (non-hydrogen) atoms. The smallest absolute Gasteiger partial charge is 0.119 e. The lowest BCUT2D eigenvalue weighted by Gasteiger charge is -2.21. The molecule has 0 aliphatic carbocycles. The van der Waals surface area contributed by atoms with Gasteiger partial charge in [0.25, 0.3) is 0 Å². The quantitative estimate of drug-likeness (QED) is 0.0528. The van der Waals surface area contributed by atoms with Crippen molar-refractivity contribution >= 4 is 0 Å². The van der Waals surface area contributed by atoms with Crippen LogP contribution >= 0.6 is 0 Å². The average Bonchev–Trinajstić information content (AvgIpc) is 3.20. The maximum absolute atomic E-state index is 11.7. The first-order valence-electron chi connectivity index (χ1n) is 23.2. The summed E-state index contributed by atoms with van der Waals surface area (Å²) >= 11 is 0. The molecule has 0 fully saturated rings. The van der Waals surface area contributed by atoms with Gasteiger partial charge in [-0.25, -0.2) is 0 Å². The van der Waals surface area contributed by atoms with Gasteiger partial charge in [-0.3, -0.25) is 0 Å². The Morgan fingerprint density at radius 1 is 0.291 bits per heavy atom. The molecule has 1 nitrogen and oxygen atoms in total. The summed E-state index contributed by atoms with van der Waals surface area (Å²) in [6.07, 6.45) is 33.9. The van der Waals surface area contributed by atoms with Crippen molar-refractivity contribution in [3.8, 4) is 5.75 Å². The average molecular weight is 743 g/mol. The van der Waals surface area contributed by atoms with Crippen molar-refractivity contribution in [3.05, 3.63) is 135 Å². The molecule has 0 saturated carbocycles. The molecule has 300 valence electrons. The maximum atomic E-state index is 11.7. The molecule has 0 amide bonds. The molecule has 0 heterocycles. The fourth-order valence-electron chi connectivity index (χ4n) is 8.64. The van der Waals surface area contributed by atoms with Crippen LogP contribution in [0.15, 0.2) is 84.9 Å². The molecule has 1 heteroatoms. The molecule has 0 aliphatic heterocycles. The van der Waals surface area contributed by atoms with Gasteiger partial charge in [0.05, 0.1) is 0 Å². The van der Waals surface area contributed by atoms with Crippen LogP contribution in [-0.2, 0) is 38.5 Å². The first kappa shape index (κ1) is 44.4. The van der Waals surface area contributed by atoms with Gasteiger partial charge in [-0.2, -0.15) is 0 Å². The second-order valence-electron chi connectivity index (χ2n) is 16.7. The molecule has 1 N–H and O–H groups in total. The molecule has 0 aromatic heterocycles. The van der Waals surface area contributed by atoms with E-state index < -0.39 is 0 Å². The van der Waals surface area contributed by atoms with E-state index >= 15 is 0 Å². The highest BCUT2D eigenvalue weighted by molar-refractivity contribution is 5.52. The van der Waals surface area contributed by atoms with Crippen LogP contribution in [0.5, 0.6) is 5.75 Å². The topological polar surface area (TPSA) is 20.2 Å². The van der Waals surface area contributed by atoms with E-state index in [4.69, 9.17) is 0 Å². The van der Waals surface area contributed by atoms with Crippen LogP contribution < -0.4 is 0 Å². The summed E-state index contributed by atoms with van der Waals surface area (Å²) in [4.78, 5) is 0. The van der Waals surface area contributed by atoms with Crippen molar-refractivity contribution < 1.29 is 5.11 Å². The lowest BCUT2D eigenvalue weighted by molar-refractivity contribution is 0.468. The minimum Gasteiger partial charge on any atom is -0.508 e. The predicted octanol–water partition coefficient (Wildman–Crippen LogP) is 16.0. The second-order valence-corrected chi connectivity index (χ2v) is 16.7. The van der Waals surface area contributed by atoms with Crippen LogP contribution in [0.25, 0.3) is 0 Å². The third-order valence-corrected chi connectivity index (χ3v) is 12.1. The fourth-order valence-corrected chi connectivity index (χ4v) is 8.64. The van der Waals surface area contributed by atoms with Gasteiger partial charge in [0.1, 0.15) is 5.75 Å². The minimum absolute atomic E-state index is 0.449. The molecule has 0 unspecified atom stereocenters. The number of phenolic OH excluding ortho intramolecular Hbond substituents is 1. The molecular formula is C54H78O. The summed E-state index contributed by atoms with van der Waals surface area (Å²) in [5.74, 6) is 0.449. The summed E-state index contributed by atoms with van der Waals surface area (Å²) in [5, 5.41) is 11.7. The minimum atomic E-state index is 0.449. The lowest BCUT2D eigenvalue weighted by atomic mass is 9.85. The number of unbranched alkanes of at least 4 members (excludes halogenated alkanes) is 18. The van der Waals surface area contributed by atoms with Gasteiger partial charge in [-0.1, -0.05) is 215 Å². The Hall–Kier alpha value is -3.32. The molecule has 0 atom stereocenters. The highest BCUT2D eigenvalue weighted by Crippen LogP contribution is 2.33. The van der Waals surface area contributed by atoms with Gasteiger partial charge in [-0.05, 0) is 102 Å². The Kier molecular flexibility index (Phi) is 22.0. The van der Waals surface area contributed by atoms with Gasteiger partial charge < -0.3 is 5.11 Å². The highest BCUT2D eigenvalue weighted by Gasteiger charge is 2.18. The number of rotatable bonds is 30. The van der Waals surface area contributed by atoms with Crippen molar-refractivity contribution in [1.29, 1.82) is 0 Å². The normalized spacial score (nSPS) is 11.4. The van der Waals surface area contributed by atoms with Crippen molar-refractivity contribution in [1.82, 2.24) is 0 Å². The first-order valence-corrected chi connectivity index (χ1v) is 23.2. The maximum Gasteiger partial charge on any atom is 0.119 e. The molecule has 0 radical (unpaired) electrons. The van der Waals surface area contributed by atoms with E-state index in [1.807, 2.05) is 6.07 Å². The standard InChI is InChI=1S/C54H78O/c1-4-7-10-13-16-19-22-31-45-34-25-28-37-48(45)42-51-40-41-54(55)53(44-50-39-30-27-36-47(50)33-24-21-18-15-12-9-6-3)52(51)43-49-38-29-26-35-46(49)32-23-20-17-14-11-8-5-2/h25-30,34-41,55H,4-24,31-33,42-44H2,1-3H3. The van der Waals surface area contributed by atoms with Crippen LogP contribution in [0.1, 0.15) is 206 Å². The molecule has 4 aromatic carbocycles. The predicted molar refractivity (Wildman–Crippen MR) is 241 cm³/mol. The monoisotopic (exact) mass is 743 g/mol. The summed E-state index contributed by atoms with van der Waals surface area (Å²) in [6, 6.07) is 31.6. The van der Waals surface area contributed by atoms with Crippen LogP contribution in [0.2, 0.25) is 0 Å². The molecule has 4 rings (SSSR count). The Bertz CT molecular complexity index is 1600. The molecule has 0 aliphatic rings. The molecular weight excluding hydrogens is 665 g/mol. The number of hydrogen-bond donors (Lipinski definition) is 1. The largest absolute Gasteiger partial charge is 0.508 e. The SMILES string of the molecule is CCCCCCCCCc1ccccc1Cc1ccc(O)c(Cc2ccccc2CCCCCCCCC)c1Cc1ccccc1CCCCCCCCC. The zero-order valence-corrected chi connectivity index (χ0v) is 35.6. The van der Waals surface area contributed by atoms with Crippen molar-refractivity contribution in [2.75, 3.05) is 0 Å². The zero-order valence-electron chi connectivity index (χ0n) is 35.6. The van der Waals surface area contributed by atoms with E-state index in [2.05, 4.69) is 99.6 Å². The summed E-state index contributed by atoms with van der Waals surface area (Å²) in [5.41, 5.74) is 12.5. The van der Waals surface area contributed by atoms with E-state index in [0.29, 0.717) is 5.75 Å². The fraction of sp³-hybridized carbons (Fsp3) is 0.556. The second kappa shape index (κ2) is 27.3. The van der Waals surface area contributed by atoms with E-state index in [1.165, 1.54) is 179 Å². The summed E-state index contributed by atoms with van der Waals surface area (Å²) in [6.45, 7) is 6.89.